The van der Waals surface area contributed by atoms with Gasteiger partial charge in [0.05, 0.1) is 5.71 Å². The molecule has 0 saturated carbocycles. The monoisotopic (exact) mass is 287 g/mol. The van der Waals surface area contributed by atoms with Crippen LogP contribution in [-0.2, 0) is 0 Å². The number of nitrogens with one attached hydrogen (secondary N) is 1. The van der Waals surface area contributed by atoms with Gasteiger partial charge < -0.3 is 0 Å². The van der Waals surface area contributed by atoms with Gasteiger partial charge in [0, 0.05) is 11.3 Å². The highest BCUT2D eigenvalue weighted by Crippen LogP contribution is 2.26. The van der Waals surface area contributed by atoms with Crippen molar-refractivity contribution in [1.82, 2.24) is 0 Å². The van der Waals surface area contributed by atoms with Crippen molar-refractivity contribution < 1.29 is 4.39 Å². The molecule has 0 radical (unpaired) electrons. The summed E-state index contributed by atoms with van der Waals surface area (Å²) in [6.07, 6.45) is 1.90. The van der Waals surface area contributed by atoms with Crippen LogP contribution in [0, 0.1) is 18.2 Å². The van der Waals surface area contributed by atoms with E-state index < -0.39 is 0 Å². The number of amidine groups is 1. The third-order valence-corrected chi connectivity index (χ3v) is 2.95. The number of benzene rings is 1. The van der Waals surface area contributed by atoms with Crippen LogP contribution < -0.4 is 0 Å². The van der Waals surface area contributed by atoms with E-state index in [1.807, 2.05) is 46.8 Å². The highest BCUT2D eigenvalue weighted by molar-refractivity contribution is 6.16. The van der Waals surface area contributed by atoms with Crippen LogP contribution in [0.3, 0.4) is 0 Å². The Hall–Kier alpha value is -2.10. The highest BCUT2D eigenvalue weighted by atomic mass is 19.1. The van der Waals surface area contributed by atoms with Crippen LogP contribution in [0.2, 0.25) is 0 Å². The molecule has 0 saturated heterocycles. The summed E-state index contributed by atoms with van der Waals surface area (Å²) in [5, 5.41) is 7.55. The molecule has 0 aliphatic rings. The summed E-state index contributed by atoms with van der Waals surface area (Å²) in [5.41, 5.74) is 4.12. The van der Waals surface area contributed by atoms with Gasteiger partial charge in [-0.1, -0.05) is 6.08 Å². The minimum absolute atomic E-state index is 0.191. The van der Waals surface area contributed by atoms with Gasteiger partial charge in [-0.2, -0.15) is 0 Å². The SMILES string of the molecule is C/C=C(C)\C(=N/C(C)=N)c1cc(C)c(N=C(C)C)c(F)c1. The van der Waals surface area contributed by atoms with Crippen LogP contribution >= 0.6 is 0 Å². The lowest BCUT2D eigenvalue weighted by Gasteiger charge is -2.11. The van der Waals surface area contributed by atoms with Crippen LogP contribution in [-0.4, -0.2) is 17.3 Å². The Labute approximate surface area is 125 Å². The van der Waals surface area contributed by atoms with Crippen molar-refractivity contribution in [3.63, 3.8) is 0 Å². The Balaban J connectivity index is 3.50. The first kappa shape index (κ1) is 17.0. The standard InChI is InChI=1S/C17H22FN3/c1-7-11(4)16(21-13(6)19)14-8-12(5)17(15(18)9-14)20-10(2)3/h7-9,19H,1-6H3/b11-7-,19-13?,21-16+. The summed E-state index contributed by atoms with van der Waals surface area (Å²) in [7, 11) is 0. The number of halogens is 1. The number of aryl methyl sites for hydroxylation is 1. The van der Waals surface area contributed by atoms with Crippen LogP contribution in [0.15, 0.2) is 33.8 Å². The Morgan fingerprint density at radius 1 is 1.19 bits per heavy atom. The molecular weight excluding hydrogens is 265 g/mol. The summed E-state index contributed by atoms with van der Waals surface area (Å²) in [5.74, 6) is -0.179. The molecule has 0 amide bonds. The van der Waals surface area contributed by atoms with E-state index in [1.54, 1.807) is 6.92 Å². The number of rotatable bonds is 3. The molecule has 4 heteroatoms. The molecule has 0 fully saturated rings. The highest BCUT2D eigenvalue weighted by Gasteiger charge is 2.13. The zero-order valence-corrected chi connectivity index (χ0v) is 13.5. The van der Waals surface area contributed by atoms with Crippen molar-refractivity contribution in [3.05, 3.63) is 40.7 Å². The molecule has 0 bridgehead atoms. The third kappa shape index (κ3) is 4.45. The third-order valence-electron chi connectivity index (χ3n) is 2.95. The van der Waals surface area contributed by atoms with Crippen LogP contribution in [0.1, 0.15) is 45.7 Å². The minimum atomic E-state index is -0.370. The van der Waals surface area contributed by atoms with E-state index >= 15 is 0 Å². The van der Waals surface area contributed by atoms with Gasteiger partial charge in [0.15, 0.2) is 0 Å². The molecular formula is C17H22FN3. The molecule has 1 aromatic rings. The quantitative estimate of drug-likeness (QED) is 0.601. The molecule has 21 heavy (non-hydrogen) atoms. The molecule has 0 atom stereocenters. The van der Waals surface area contributed by atoms with Crippen molar-refractivity contribution in [2.24, 2.45) is 9.98 Å². The van der Waals surface area contributed by atoms with Gasteiger partial charge in [0.2, 0.25) is 0 Å². The van der Waals surface area contributed by atoms with E-state index in [-0.39, 0.29) is 11.7 Å². The van der Waals surface area contributed by atoms with Gasteiger partial charge in [-0.3, -0.25) is 10.4 Å². The van der Waals surface area contributed by atoms with Crippen molar-refractivity contribution in [2.45, 2.75) is 41.5 Å². The number of allylic oxidation sites excluding steroid dienone is 2. The van der Waals surface area contributed by atoms with Crippen molar-refractivity contribution in [3.8, 4) is 0 Å². The fraction of sp³-hybridized carbons (Fsp3) is 0.353. The minimum Gasteiger partial charge on any atom is -0.287 e. The van der Waals surface area contributed by atoms with Gasteiger partial charge in [0.1, 0.15) is 17.3 Å². The second-order valence-corrected chi connectivity index (χ2v) is 5.20. The lowest BCUT2D eigenvalue weighted by atomic mass is 10.00. The van der Waals surface area contributed by atoms with E-state index in [2.05, 4.69) is 9.98 Å². The van der Waals surface area contributed by atoms with Crippen LogP contribution in [0.25, 0.3) is 0 Å². The van der Waals surface area contributed by atoms with Gasteiger partial charge >= 0.3 is 0 Å². The number of hydrogen-bond acceptors (Lipinski definition) is 2. The summed E-state index contributed by atoms with van der Waals surface area (Å²) in [6.45, 7) is 10.9. The van der Waals surface area contributed by atoms with Crippen molar-refractivity contribution in [1.29, 1.82) is 5.41 Å². The summed E-state index contributed by atoms with van der Waals surface area (Å²) < 4.78 is 14.3. The maximum atomic E-state index is 14.3. The molecule has 0 unspecified atom stereocenters. The average molecular weight is 287 g/mol. The summed E-state index contributed by atoms with van der Waals surface area (Å²) >= 11 is 0. The number of nitrogens with zero attached hydrogens (tertiary/aromatic N) is 2. The normalized spacial score (nSPS) is 12.3. The molecule has 0 aliphatic carbocycles. The van der Waals surface area contributed by atoms with E-state index in [0.717, 1.165) is 16.8 Å². The Bertz CT molecular complexity index is 625. The Kier molecular flexibility index (Phi) is 5.70. The second kappa shape index (κ2) is 7.07. The predicted octanol–water partition coefficient (Wildman–Crippen LogP) is 5.00. The first-order valence-electron chi connectivity index (χ1n) is 6.85. The lowest BCUT2D eigenvalue weighted by molar-refractivity contribution is 0.628. The zero-order chi connectivity index (χ0) is 16.2. The summed E-state index contributed by atoms with van der Waals surface area (Å²) in [6, 6.07) is 3.29. The Morgan fingerprint density at radius 2 is 1.81 bits per heavy atom. The largest absolute Gasteiger partial charge is 0.287 e. The fourth-order valence-electron chi connectivity index (χ4n) is 1.92. The van der Waals surface area contributed by atoms with E-state index in [4.69, 9.17) is 5.41 Å². The smallest absolute Gasteiger partial charge is 0.149 e. The first-order valence-corrected chi connectivity index (χ1v) is 6.85. The van der Waals surface area contributed by atoms with Crippen molar-refractivity contribution >= 4 is 22.9 Å². The molecule has 0 aliphatic heterocycles. The van der Waals surface area contributed by atoms with E-state index in [0.29, 0.717) is 17.0 Å². The molecule has 0 heterocycles. The fourth-order valence-corrected chi connectivity index (χ4v) is 1.92. The maximum Gasteiger partial charge on any atom is 0.149 e. The topological polar surface area (TPSA) is 48.6 Å². The molecule has 0 spiro atoms. The van der Waals surface area contributed by atoms with Gasteiger partial charge in [-0.25, -0.2) is 9.38 Å². The molecule has 1 rings (SSSR count). The second-order valence-electron chi connectivity index (χ2n) is 5.20. The average Bonchev–Trinajstić information content (AvgIpc) is 2.38. The van der Waals surface area contributed by atoms with E-state index in [1.165, 1.54) is 6.07 Å². The lowest BCUT2D eigenvalue weighted by Crippen LogP contribution is -2.06. The zero-order valence-electron chi connectivity index (χ0n) is 13.5. The molecule has 1 aromatic carbocycles. The van der Waals surface area contributed by atoms with Crippen molar-refractivity contribution in [2.75, 3.05) is 0 Å². The molecule has 112 valence electrons. The van der Waals surface area contributed by atoms with Gasteiger partial charge in [0.25, 0.3) is 0 Å². The molecule has 1 N–H and O–H groups in total. The van der Waals surface area contributed by atoms with Crippen LogP contribution in [0.5, 0.6) is 0 Å². The van der Waals surface area contributed by atoms with Gasteiger partial charge in [-0.15, -0.1) is 0 Å². The van der Waals surface area contributed by atoms with Gasteiger partial charge in [-0.05, 0) is 64.8 Å². The Morgan fingerprint density at radius 3 is 2.24 bits per heavy atom. The number of aliphatic imine (C=N–C) groups is 2. The maximum absolute atomic E-state index is 14.3. The predicted molar refractivity (Wildman–Crippen MR) is 88.9 cm³/mol. The van der Waals surface area contributed by atoms with Crippen LogP contribution in [0.4, 0.5) is 10.1 Å². The van der Waals surface area contributed by atoms with E-state index in [9.17, 15) is 4.39 Å². The molecule has 3 nitrogen and oxygen atoms in total. The first-order chi connectivity index (χ1) is 9.76. The summed E-state index contributed by atoms with van der Waals surface area (Å²) in [4.78, 5) is 8.45. The number of hydrogen-bond donors (Lipinski definition) is 1. The molecule has 0 aromatic heterocycles.